The molecule has 0 bridgehead atoms. The zero-order valence-electron chi connectivity index (χ0n) is 10.5. The topological polar surface area (TPSA) is 24.9 Å². The number of nitrogens with one attached hydrogen (secondary N) is 1. The van der Waals surface area contributed by atoms with Crippen LogP contribution in [0.1, 0.15) is 29.2 Å². The molecule has 1 aromatic carbocycles. The number of rotatable bonds is 3. The van der Waals surface area contributed by atoms with E-state index in [0.29, 0.717) is 5.69 Å². The fraction of sp³-hybridized carbons (Fsp3) is 0.308. The lowest BCUT2D eigenvalue weighted by molar-refractivity contribution is -0.137. The normalized spacial score (nSPS) is 13.3. The lowest BCUT2D eigenvalue weighted by Gasteiger charge is -2.15. The summed E-state index contributed by atoms with van der Waals surface area (Å²) in [5, 5.41) is 5.87. The van der Waals surface area contributed by atoms with E-state index in [1.807, 2.05) is 19.2 Å². The Bertz CT molecular complexity index is 563. The van der Waals surface area contributed by atoms with Crippen LogP contribution in [0.5, 0.6) is 0 Å². The van der Waals surface area contributed by atoms with Crippen molar-refractivity contribution in [3.63, 3.8) is 0 Å². The minimum Gasteiger partial charge on any atom is -0.377 e. The predicted octanol–water partition coefficient (Wildman–Crippen LogP) is 4.64. The summed E-state index contributed by atoms with van der Waals surface area (Å²) in [6.07, 6.45) is -4.32. The second kappa shape index (κ2) is 5.21. The highest BCUT2D eigenvalue weighted by Crippen LogP contribution is 2.31. The predicted molar refractivity (Wildman–Crippen MR) is 70.3 cm³/mol. The average Bonchev–Trinajstić information content (AvgIpc) is 2.75. The number of aromatic nitrogens is 1. The molecule has 102 valence electrons. The van der Waals surface area contributed by atoms with Crippen LogP contribution in [-0.2, 0) is 6.18 Å². The van der Waals surface area contributed by atoms with Crippen molar-refractivity contribution in [2.75, 3.05) is 5.32 Å². The number of nitrogens with zero attached hydrogens (tertiary/aromatic N) is 1. The Morgan fingerprint density at radius 1 is 1.32 bits per heavy atom. The van der Waals surface area contributed by atoms with Crippen LogP contribution in [0.3, 0.4) is 0 Å². The molecule has 0 amide bonds. The number of aryl methyl sites for hydroxylation is 1. The zero-order valence-corrected chi connectivity index (χ0v) is 11.3. The molecule has 1 aromatic heterocycles. The third-order valence-electron chi connectivity index (χ3n) is 2.65. The fourth-order valence-corrected chi connectivity index (χ4v) is 2.39. The molecule has 0 aliphatic rings. The van der Waals surface area contributed by atoms with E-state index in [2.05, 4.69) is 10.3 Å². The first-order chi connectivity index (χ1) is 8.86. The van der Waals surface area contributed by atoms with Crippen LogP contribution in [0.2, 0.25) is 0 Å². The van der Waals surface area contributed by atoms with Gasteiger partial charge in [-0.2, -0.15) is 13.2 Å². The first-order valence-corrected chi connectivity index (χ1v) is 6.60. The van der Waals surface area contributed by atoms with E-state index in [1.165, 1.54) is 17.4 Å². The average molecular weight is 286 g/mol. The van der Waals surface area contributed by atoms with Crippen molar-refractivity contribution < 1.29 is 13.2 Å². The third kappa shape index (κ3) is 3.47. The van der Waals surface area contributed by atoms with Gasteiger partial charge in [-0.1, -0.05) is 6.07 Å². The summed E-state index contributed by atoms with van der Waals surface area (Å²) in [4.78, 5) is 4.31. The summed E-state index contributed by atoms with van der Waals surface area (Å²) in [6, 6.07) is 5.04. The highest BCUT2D eigenvalue weighted by Gasteiger charge is 2.30. The second-order valence-electron chi connectivity index (χ2n) is 4.24. The van der Waals surface area contributed by atoms with Gasteiger partial charge in [0.15, 0.2) is 0 Å². The first kappa shape index (κ1) is 13.9. The Hall–Kier alpha value is -1.56. The molecule has 6 heteroatoms. The standard InChI is InChI=1S/C13H13F3N2S/c1-8(12-7-19-9(2)18-12)17-11-5-3-4-10(6-11)13(14,15)16/h3-8,17H,1-2H3. The minimum atomic E-state index is -4.32. The molecule has 1 atom stereocenters. The number of hydrogen-bond acceptors (Lipinski definition) is 3. The second-order valence-corrected chi connectivity index (χ2v) is 5.30. The van der Waals surface area contributed by atoms with E-state index in [0.717, 1.165) is 22.8 Å². The van der Waals surface area contributed by atoms with Gasteiger partial charge in [0, 0.05) is 11.1 Å². The Morgan fingerprint density at radius 3 is 2.63 bits per heavy atom. The molecule has 0 radical (unpaired) electrons. The molecule has 2 aromatic rings. The number of hydrogen-bond donors (Lipinski definition) is 1. The molecular weight excluding hydrogens is 273 g/mol. The number of benzene rings is 1. The van der Waals surface area contributed by atoms with Gasteiger partial charge >= 0.3 is 6.18 Å². The van der Waals surface area contributed by atoms with E-state index < -0.39 is 11.7 Å². The van der Waals surface area contributed by atoms with E-state index >= 15 is 0 Å². The van der Waals surface area contributed by atoms with Crippen molar-refractivity contribution in [1.29, 1.82) is 0 Å². The largest absolute Gasteiger partial charge is 0.416 e. The minimum absolute atomic E-state index is 0.131. The molecule has 19 heavy (non-hydrogen) atoms. The third-order valence-corrected chi connectivity index (χ3v) is 3.45. The van der Waals surface area contributed by atoms with Crippen LogP contribution in [-0.4, -0.2) is 4.98 Å². The zero-order chi connectivity index (χ0) is 14.0. The summed E-state index contributed by atoms with van der Waals surface area (Å²) in [7, 11) is 0. The molecule has 0 saturated carbocycles. The molecule has 2 rings (SSSR count). The molecule has 1 N–H and O–H groups in total. The number of halogens is 3. The summed E-state index contributed by atoms with van der Waals surface area (Å²) in [5.74, 6) is 0. The molecule has 0 fully saturated rings. The summed E-state index contributed by atoms with van der Waals surface area (Å²) < 4.78 is 37.8. The van der Waals surface area contributed by atoms with Crippen molar-refractivity contribution >= 4 is 17.0 Å². The monoisotopic (exact) mass is 286 g/mol. The van der Waals surface area contributed by atoms with Crippen LogP contribution < -0.4 is 5.32 Å². The quantitative estimate of drug-likeness (QED) is 0.888. The van der Waals surface area contributed by atoms with Gasteiger partial charge in [0.05, 0.1) is 22.3 Å². The van der Waals surface area contributed by atoms with Crippen molar-refractivity contribution in [3.05, 3.63) is 45.9 Å². The Kier molecular flexibility index (Phi) is 3.80. The maximum absolute atomic E-state index is 12.6. The fourth-order valence-electron chi connectivity index (χ4n) is 1.69. The van der Waals surface area contributed by atoms with E-state index in [4.69, 9.17) is 0 Å². The van der Waals surface area contributed by atoms with Gasteiger partial charge in [0.25, 0.3) is 0 Å². The molecule has 0 aliphatic heterocycles. The van der Waals surface area contributed by atoms with Gasteiger partial charge < -0.3 is 5.32 Å². The van der Waals surface area contributed by atoms with Crippen molar-refractivity contribution in [2.45, 2.75) is 26.1 Å². The van der Waals surface area contributed by atoms with Crippen molar-refractivity contribution in [3.8, 4) is 0 Å². The van der Waals surface area contributed by atoms with Gasteiger partial charge in [0.1, 0.15) is 0 Å². The molecule has 2 nitrogen and oxygen atoms in total. The van der Waals surface area contributed by atoms with Gasteiger partial charge in [-0.25, -0.2) is 4.98 Å². The maximum atomic E-state index is 12.6. The molecule has 0 saturated heterocycles. The Labute approximate surface area is 113 Å². The van der Waals surface area contributed by atoms with E-state index in [1.54, 1.807) is 6.07 Å². The summed E-state index contributed by atoms with van der Waals surface area (Å²) in [5.41, 5.74) is 0.618. The van der Waals surface area contributed by atoms with Gasteiger partial charge in [0.2, 0.25) is 0 Å². The van der Waals surface area contributed by atoms with Crippen molar-refractivity contribution in [1.82, 2.24) is 4.98 Å². The van der Waals surface area contributed by atoms with E-state index in [-0.39, 0.29) is 6.04 Å². The maximum Gasteiger partial charge on any atom is 0.416 e. The molecule has 1 unspecified atom stereocenters. The molecule has 0 spiro atoms. The Balaban J connectivity index is 2.15. The summed E-state index contributed by atoms with van der Waals surface area (Å²) >= 11 is 1.52. The number of anilines is 1. The lowest BCUT2D eigenvalue weighted by Crippen LogP contribution is -2.09. The van der Waals surface area contributed by atoms with Crippen LogP contribution in [0.15, 0.2) is 29.6 Å². The van der Waals surface area contributed by atoms with Crippen LogP contribution in [0.25, 0.3) is 0 Å². The number of thiazole rings is 1. The highest BCUT2D eigenvalue weighted by molar-refractivity contribution is 7.09. The first-order valence-electron chi connectivity index (χ1n) is 5.72. The summed E-state index contributed by atoms with van der Waals surface area (Å²) in [6.45, 7) is 3.76. The van der Waals surface area contributed by atoms with Crippen LogP contribution >= 0.6 is 11.3 Å². The SMILES string of the molecule is Cc1nc(C(C)Nc2cccc(C(F)(F)F)c2)cs1. The van der Waals surface area contributed by atoms with Crippen LogP contribution in [0.4, 0.5) is 18.9 Å². The van der Waals surface area contributed by atoms with Crippen LogP contribution in [0, 0.1) is 6.92 Å². The smallest absolute Gasteiger partial charge is 0.377 e. The number of alkyl halides is 3. The van der Waals surface area contributed by atoms with Gasteiger partial charge in [-0.05, 0) is 32.0 Å². The van der Waals surface area contributed by atoms with E-state index in [9.17, 15) is 13.2 Å². The van der Waals surface area contributed by atoms with Gasteiger partial charge in [-0.15, -0.1) is 11.3 Å². The molecular formula is C13H13F3N2S. The molecule has 1 heterocycles. The molecule has 0 aliphatic carbocycles. The van der Waals surface area contributed by atoms with Gasteiger partial charge in [-0.3, -0.25) is 0 Å². The lowest BCUT2D eigenvalue weighted by atomic mass is 10.1. The van der Waals surface area contributed by atoms with Crippen molar-refractivity contribution in [2.24, 2.45) is 0 Å². The highest BCUT2D eigenvalue weighted by atomic mass is 32.1. The Morgan fingerprint density at radius 2 is 2.05 bits per heavy atom.